The number of hydrogen-bond acceptors (Lipinski definition) is 5. The number of carbonyl (C=O) groups excluding carboxylic acids is 2. The monoisotopic (exact) mass is 418 g/mol. The molecule has 156 valence electrons. The average molecular weight is 419 g/mol. The lowest BCUT2D eigenvalue weighted by atomic mass is 10.1. The van der Waals surface area contributed by atoms with E-state index in [2.05, 4.69) is 10.0 Å². The highest BCUT2D eigenvalue weighted by Gasteiger charge is 2.22. The smallest absolute Gasteiger partial charge is 0.302 e. The topological polar surface area (TPSA) is 102 Å². The van der Waals surface area contributed by atoms with Gasteiger partial charge in [0.25, 0.3) is 15.9 Å². The third-order valence-corrected chi connectivity index (χ3v) is 5.22. The van der Waals surface area contributed by atoms with Gasteiger partial charge < -0.3 is 10.1 Å². The molecule has 0 aromatic heterocycles. The summed E-state index contributed by atoms with van der Waals surface area (Å²) in [6, 6.07) is 11.0. The molecular weight excluding hydrogens is 392 g/mol. The summed E-state index contributed by atoms with van der Waals surface area (Å²) in [5.74, 6) is -0.875. The number of ether oxygens (including phenoxy) is 1. The standard InChI is InChI=1S/C21H26N2O5S/c1-14-6-9-17(10-7-14)29(26,27)23-19-12-16(13-28-15(2)24)8-11-18(19)20(25)22-21(3,4)5/h6-12,23H,13H2,1-5H3,(H,22,25). The number of esters is 1. The third-order valence-electron chi connectivity index (χ3n) is 3.83. The van der Waals surface area contributed by atoms with Crippen molar-refractivity contribution in [3.63, 3.8) is 0 Å². The Balaban J connectivity index is 2.43. The van der Waals surface area contributed by atoms with Crippen LogP contribution in [0.15, 0.2) is 47.4 Å². The Morgan fingerprint density at radius 2 is 1.66 bits per heavy atom. The normalized spacial score (nSPS) is 11.6. The maximum Gasteiger partial charge on any atom is 0.302 e. The van der Waals surface area contributed by atoms with E-state index in [0.29, 0.717) is 5.56 Å². The van der Waals surface area contributed by atoms with E-state index >= 15 is 0 Å². The van der Waals surface area contributed by atoms with Crippen LogP contribution in [0, 0.1) is 6.92 Å². The van der Waals surface area contributed by atoms with E-state index in [4.69, 9.17) is 4.74 Å². The second-order valence-electron chi connectivity index (χ2n) is 7.78. The highest BCUT2D eigenvalue weighted by Crippen LogP contribution is 2.23. The molecule has 1 amide bonds. The minimum Gasteiger partial charge on any atom is -0.461 e. The maximum atomic E-state index is 12.8. The van der Waals surface area contributed by atoms with Crippen LogP contribution >= 0.6 is 0 Å². The summed E-state index contributed by atoms with van der Waals surface area (Å²) in [6.07, 6.45) is 0. The molecule has 0 aliphatic heterocycles. The van der Waals surface area contributed by atoms with Crippen molar-refractivity contribution < 1.29 is 22.7 Å². The van der Waals surface area contributed by atoms with E-state index in [1.54, 1.807) is 18.2 Å². The molecule has 0 aliphatic rings. The SMILES string of the molecule is CC(=O)OCc1ccc(C(=O)NC(C)(C)C)c(NS(=O)(=O)c2ccc(C)cc2)c1. The molecule has 7 nitrogen and oxygen atoms in total. The molecule has 8 heteroatoms. The number of nitrogens with one attached hydrogen (secondary N) is 2. The van der Waals surface area contributed by atoms with E-state index in [9.17, 15) is 18.0 Å². The van der Waals surface area contributed by atoms with Crippen LogP contribution in [0.5, 0.6) is 0 Å². The van der Waals surface area contributed by atoms with Crippen molar-refractivity contribution in [3.8, 4) is 0 Å². The summed E-state index contributed by atoms with van der Waals surface area (Å²) in [4.78, 5) is 23.9. The zero-order valence-electron chi connectivity index (χ0n) is 17.2. The zero-order chi connectivity index (χ0) is 21.8. The van der Waals surface area contributed by atoms with Gasteiger partial charge in [0, 0.05) is 12.5 Å². The molecule has 0 aliphatic carbocycles. The summed E-state index contributed by atoms with van der Waals surface area (Å²) in [5, 5.41) is 2.82. The molecule has 0 bridgehead atoms. The molecule has 2 N–H and O–H groups in total. The molecule has 0 radical (unpaired) electrons. The van der Waals surface area contributed by atoms with E-state index in [0.717, 1.165) is 5.56 Å². The van der Waals surface area contributed by atoms with E-state index in [1.165, 1.54) is 31.2 Å². The Hall–Kier alpha value is -2.87. The first-order valence-corrected chi connectivity index (χ1v) is 10.5. The highest BCUT2D eigenvalue weighted by molar-refractivity contribution is 7.92. The molecule has 29 heavy (non-hydrogen) atoms. The lowest BCUT2D eigenvalue weighted by molar-refractivity contribution is -0.142. The first-order chi connectivity index (χ1) is 13.4. The quantitative estimate of drug-likeness (QED) is 0.700. The van der Waals surface area contributed by atoms with Crippen LogP contribution in [0.2, 0.25) is 0 Å². The molecule has 0 atom stereocenters. The number of amides is 1. The highest BCUT2D eigenvalue weighted by atomic mass is 32.2. The van der Waals surface area contributed by atoms with Gasteiger partial charge in [-0.25, -0.2) is 8.42 Å². The molecule has 0 fully saturated rings. The second-order valence-corrected chi connectivity index (χ2v) is 9.47. The number of anilines is 1. The van der Waals surface area contributed by atoms with Crippen molar-refractivity contribution in [3.05, 3.63) is 59.2 Å². The molecular formula is C21H26N2O5S. The van der Waals surface area contributed by atoms with Crippen molar-refractivity contribution in [2.24, 2.45) is 0 Å². The molecule has 0 spiro atoms. The minimum atomic E-state index is -3.92. The van der Waals surface area contributed by atoms with E-state index in [1.807, 2.05) is 27.7 Å². The van der Waals surface area contributed by atoms with Gasteiger partial charge >= 0.3 is 5.97 Å². The van der Waals surface area contributed by atoms with E-state index in [-0.39, 0.29) is 22.8 Å². The van der Waals surface area contributed by atoms with Crippen molar-refractivity contribution in [2.75, 3.05) is 4.72 Å². The largest absolute Gasteiger partial charge is 0.461 e. The van der Waals surface area contributed by atoms with Crippen LogP contribution in [0.3, 0.4) is 0 Å². The Morgan fingerprint density at radius 1 is 1.03 bits per heavy atom. The molecule has 0 unspecified atom stereocenters. The minimum absolute atomic E-state index is 0.0320. The zero-order valence-corrected chi connectivity index (χ0v) is 18.0. The van der Waals surface area contributed by atoms with Gasteiger partial charge in [0.15, 0.2) is 0 Å². The fourth-order valence-electron chi connectivity index (χ4n) is 2.48. The van der Waals surface area contributed by atoms with Gasteiger partial charge in [-0.3, -0.25) is 14.3 Å². The maximum absolute atomic E-state index is 12.8. The molecule has 0 saturated heterocycles. The first kappa shape index (κ1) is 22.4. The predicted octanol–water partition coefficient (Wildman–Crippen LogP) is 3.39. The van der Waals surface area contributed by atoms with Crippen molar-refractivity contribution >= 4 is 27.6 Å². The van der Waals surface area contributed by atoms with Gasteiger partial charge in [-0.2, -0.15) is 0 Å². The number of sulfonamides is 1. The van der Waals surface area contributed by atoms with Gasteiger partial charge in [-0.15, -0.1) is 0 Å². The van der Waals surface area contributed by atoms with Gasteiger partial charge in [-0.05, 0) is 57.5 Å². The summed E-state index contributed by atoms with van der Waals surface area (Å²) < 4.78 is 33.1. The van der Waals surface area contributed by atoms with Crippen LogP contribution in [-0.4, -0.2) is 25.8 Å². The van der Waals surface area contributed by atoms with E-state index < -0.39 is 27.4 Å². The van der Waals surface area contributed by atoms with Gasteiger partial charge in [-0.1, -0.05) is 23.8 Å². The van der Waals surface area contributed by atoms with Gasteiger partial charge in [0.1, 0.15) is 6.61 Å². The molecule has 2 rings (SSSR count). The number of carbonyl (C=O) groups is 2. The number of aryl methyl sites for hydroxylation is 1. The Labute approximate surface area is 171 Å². The predicted molar refractivity (Wildman–Crippen MR) is 111 cm³/mol. The average Bonchev–Trinajstić information content (AvgIpc) is 2.58. The summed E-state index contributed by atoms with van der Waals surface area (Å²) in [6.45, 7) is 8.60. The van der Waals surface area contributed by atoms with Crippen LogP contribution in [0.4, 0.5) is 5.69 Å². The van der Waals surface area contributed by atoms with Crippen LogP contribution in [0.25, 0.3) is 0 Å². The molecule has 0 heterocycles. The first-order valence-electron chi connectivity index (χ1n) is 9.06. The molecule has 2 aromatic carbocycles. The van der Waals surface area contributed by atoms with Crippen LogP contribution in [-0.2, 0) is 26.2 Å². The Kier molecular flexibility index (Phi) is 6.69. The molecule has 0 saturated carbocycles. The van der Waals surface area contributed by atoms with Crippen molar-refractivity contribution in [2.45, 2.75) is 51.7 Å². The van der Waals surface area contributed by atoms with Gasteiger partial charge in [0.05, 0.1) is 16.1 Å². The number of rotatable bonds is 6. The number of benzene rings is 2. The number of hydrogen-bond donors (Lipinski definition) is 2. The summed E-state index contributed by atoms with van der Waals surface area (Å²) >= 11 is 0. The van der Waals surface area contributed by atoms with Gasteiger partial charge in [0.2, 0.25) is 0 Å². The van der Waals surface area contributed by atoms with Crippen LogP contribution < -0.4 is 10.0 Å². The lowest BCUT2D eigenvalue weighted by Gasteiger charge is -2.22. The second kappa shape index (κ2) is 8.65. The van der Waals surface area contributed by atoms with Crippen molar-refractivity contribution in [1.29, 1.82) is 0 Å². The van der Waals surface area contributed by atoms with Crippen molar-refractivity contribution in [1.82, 2.24) is 5.32 Å². The molecule has 2 aromatic rings. The summed E-state index contributed by atoms with van der Waals surface area (Å²) in [5.41, 5.74) is 1.26. The Bertz CT molecular complexity index is 1010. The fourth-order valence-corrected chi connectivity index (χ4v) is 3.55. The lowest BCUT2D eigenvalue weighted by Crippen LogP contribution is -2.40. The third kappa shape index (κ3) is 6.60. The Morgan fingerprint density at radius 3 is 2.21 bits per heavy atom. The summed E-state index contributed by atoms with van der Waals surface area (Å²) in [7, 11) is -3.92. The van der Waals surface area contributed by atoms with Crippen LogP contribution in [0.1, 0.15) is 49.2 Å². The fraction of sp³-hybridized carbons (Fsp3) is 0.333.